The standard InChI is InChI=1S/C21H24FNO3/c22-18-10-7-16(8-11-18)9-12-21(25)23(15-19-5-3-13-26-19)14-17-4-1-2-6-20(17)24/h1-2,4,6-8,10-11,19,24H,3,5,9,12-15H2. The molecule has 1 amide bonds. The Morgan fingerprint density at radius 3 is 2.65 bits per heavy atom. The number of amides is 1. The van der Waals surface area contributed by atoms with Gasteiger partial charge in [-0.15, -0.1) is 0 Å². The summed E-state index contributed by atoms with van der Waals surface area (Å²) in [5, 5.41) is 10.0. The van der Waals surface area contributed by atoms with Crippen molar-refractivity contribution in [1.29, 1.82) is 0 Å². The van der Waals surface area contributed by atoms with E-state index in [1.54, 1.807) is 29.2 Å². The first kappa shape index (κ1) is 18.4. The first-order valence-corrected chi connectivity index (χ1v) is 9.02. The minimum Gasteiger partial charge on any atom is -0.508 e. The van der Waals surface area contributed by atoms with Crippen molar-refractivity contribution in [2.75, 3.05) is 13.2 Å². The third kappa shape index (κ3) is 5.05. The molecule has 1 saturated heterocycles. The number of carbonyl (C=O) groups excluding carboxylic acids is 1. The van der Waals surface area contributed by atoms with Crippen LogP contribution in [0.4, 0.5) is 4.39 Å². The molecule has 0 radical (unpaired) electrons. The van der Waals surface area contributed by atoms with Gasteiger partial charge in [0, 0.05) is 31.7 Å². The molecule has 26 heavy (non-hydrogen) atoms. The Hall–Kier alpha value is -2.40. The highest BCUT2D eigenvalue weighted by Crippen LogP contribution is 2.21. The normalized spacial score (nSPS) is 16.6. The van der Waals surface area contributed by atoms with Crippen LogP contribution in [0.1, 0.15) is 30.4 Å². The zero-order chi connectivity index (χ0) is 18.4. The number of hydrogen-bond acceptors (Lipinski definition) is 3. The number of rotatable bonds is 7. The number of aryl methyl sites for hydroxylation is 1. The lowest BCUT2D eigenvalue weighted by Gasteiger charge is -2.26. The van der Waals surface area contributed by atoms with Gasteiger partial charge < -0.3 is 14.7 Å². The Balaban J connectivity index is 1.65. The molecule has 1 heterocycles. The van der Waals surface area contributed by atoms with E-state index in [1.807, 2.05) is 12.1 Å². The fourth-order valence-electron chi connectivity index (χ4n) is 3.20. The number of phenolic OH excluding ortho intramolecular Hbond substituents is 1. The van der Waals surface area contributed by atoms with Gasteiger partial charge in [0.05, 0.1) is 6.10 Å². The van der Waals surface area contributed by atoms with Crippen LogP contribution in [-0.4, -0.2) is 35.2 Å². The second-order valence-electron chi connectivity index (χ2n) is 6.66. The fraction of sp³-hybridized carbons (Fsp3) is 0.381. The molecule has 1 fully saturated rings. The van der Waals surface area contributed by atoms with E-state index in [1.165, 1.54) is 12.1 Å². The van der Waals surface area contributed by atoms with E-state index in [-0.39, 0.29) is 23.6 Å². The molecule has 1 aliphatic heterocycles. The first-order chi connectivity index (χ1) is 12.6. The SMILES string of the molecule is O=C(CCc1ccc(F)cc1)N(Cc1ccccc1O)CC1CCCO1. The number of phenols is 1. The van der Waals surface area contributed by atoms with Crippen LogP contribution >= 0.6 is 0 Å². The first-order valence-electron chi connectivity index (χ1n) is 9.02. The number of halogens is 1. The molecule has 0 aromatic heterocycles. The lowest BCUT2D eigenvalue weighted by atomic mass is 10.1. The predicted octanol–water partition coefficient (Wildman–Crippen LogP) is 3.67. The number of para-hydroxylation sites is 1. The van der Waals surface area contributed by atoms with E-state index >= 15 is 0 Å². The summed E-state index contributed by atoms with van der Waals surface area (Å²) >= 11 is 0. The van der Waals surface area contributed by atoms with Gasteiger partial charge in [-0.2, -0.15) is 0 Å². The van der Waals surface area contributed by atoms with Gasteiger partial charge in [0.1, 0.15) is 11.6 Å². The second kappa shape index (κ2) is 8.81. The molecule has 1 N–H and O–H groups in total. The molecular weight excluding hydrogens is 333 g/mol. The Labute approximate surface area is 153 Å². The summed E-state index contributed by atoms with van der Waals surface area (Å²) in [6.07, 6.45) is 2.91. The molecule has 0 spiro atoms. The summed E-state index contributed by atoms with van der Waals surface area (Å²) in [7, 11) is 0. The summed E-state index contributed by atoms with van der Waals surface area (Å²) in [4.78, 5) is 14.6. The Bertz CT molecular complexity index is 726. The van der Waals surface area contributed by atoms with Gasteiger partial charge in [-0.05, 0) is 43.0 Å². The molecule has 0 bridgehead atoms. The average Bonchev–Trinajstić information content (AvgIpc) is 3.15. The van der Waals surface area contributed by atoms with Gasteiger partial charge in [-0.25, -0.2) is 4.39 Å². The van der Waals surface area contributed by atoms with E-state index in [0.717, 1.165) is 30.6 Å². The number of benzene rings is 2. The second-order valence-corrected chi connectivity index (χ2v) is 6.66. The van der Waals surface area contributed by atoms with Crippen molar-refractivity contribution in [1.82, 2.24) is 4.90 Å². The fourth-order valence-corrected chi connectivity index (χ4v) is 3.20. The molecule has 0 saturated carbocycles. The van der Waals surface area contributed by atoms with E-state index in [9.17, 15) is 14.3 Å². The van der Waals surface area contributed by atoms with Gasteiger partial charge >= 0.3 is 0 Å². The summed E-state index contributed by atoms with van der Waals surface area (Å²) in [5.41, 5.74) is 1.65. The Kier molecular flexibility index (Phi) is 6.23. The van der Waals surface area contributed by atoms with Crippen LogP contribution in [0.25, 0.3) is 0 Å². The van der Waals surface area contributed by atoms with Gasteiger partial charge in [-0.3, -0.25) is 4.79 Å². The largest absolute Gasteiger partial charge is 0.508 e. The summed E-state index contributed by atoms with van der Waals surface area (Å²) in [5.74, 6) is -0.0797. The van der Waals surface area contributed by atoms with Crippen molar-refractivity contribution in [3.63, 3.8) is 0 Å². The third-order valence-electron chi connectivity index (χ3n) is 4.69. The number of hydrogen-bond donors (Lipinski definition) is 1. The maximum absolute atomic E-state index is 13.0. The monoisotopic (exact) mass is 357 g/mol. The van der Waals surface area contributed by atoms with Gasteiger partial charge in [0.25, 0.3) is 0 Å². The number of nitrogens with zero attached hydrogens (tertiary/aromatic N) is 1. The van der Waals surface area contributed by atoms with Crippen molar-refractivity contribution in [2.45, 2.75) is 38.3 Å². The van der Waals surface area contributed by atoms with E-state index in [4.69, 9.17) is 4.74 Å². The average molecular weight is 357 g/mol. The zero-order valence-corrected chi connectivity index (χ0v) is 14.7. The smallest absolute Gasteiger partial charge is 0.223 e. The van der Waals surface area contributed by atoms with Gasteiger partial charge in [0.2, 0.25) is 5.91 Å². The molecule has 4 nitrogen and oxygen atoms in total. The lowest BCUT2D eigenvalue weighted by Crippen LogP contribution is -2.37. The number of aromatic hydroxyl groups is 1. The molecule has 5 heteroatoms. The highest BCUT2D eigenvalue weighted by Gasteiger charge is 2.23. The van der Waals surface area contributed by atoms with E-state index < -0.39 is 0 Å². The van der Waals surface area contributed by atoms with Crippen LogP contribution in [0.2, 0.25) is 0 Å². The highest BCUT2D eigenvalue weighted by molar-refractivity contribution is 5.76. The summed E-state index contributed by atoms with van der Waals surface area (Å²) < 4.78 is 18.7. The molecule has 0 aliphatic carbocycles. The Morgan fingerprint density at radius 2 is 1.96 bits per heavy atom. The number of ether oxygens (including phenoxy) is 1. The zero-order valence-electron chi connectivity index (χ0n) is 14.7. The molecule has 3 rings (SSSR count). The molecule has 1 aliphatic rings. The molecule has 2 aromatic rings. The predicted molar refractivity (Wildman–Crippen MR) is 97.2 cm³/mol. The van der Waals surface area contributed by atoms with E-state index in [2.05, 4.69) is 0 Å². The van der Waals surface area contributed by atoms with Crippen molar-refractivity contribution in [2.24, 2.45) is 0 Å². The molecule has 1 unspecified atom stereocenters. The van der Waals surface area contributed by atoms with Crippen LogP contribution in [0.5, 0.6) is 5.75 Å². The van der Waals surface area contributed by atoms with Crippen molar-refractivity contribution in [3.8, 4) is 5.75 Å². The summed E-state index contributed by atoms with van der Waals surface area (Å²) in [6.45, 7) is 1.62. The van der Waals surface area contributed by atoms with Crippen LogP contribution in [0.3, 0.4) is 0 Å². The highest BCUT2D eigenvalue weighted by atomic mass is 19.1. The van der Waals surface area contributed by atoms with Crippen LogP contribution in [0.15, 0.2) is 48.5 Å². The Morgan fingerprint density at radius 1 is 1.19 bits per heavy atom. The maximum Gasteiger partial charge on any atom is 0.223 e. The topological polar surface area (TPSA) is 49.8 Å². The van der Waals surface area contributed by atoms with Crippen LogP contribution < -0.4 is 0 Å². The quantitative estimate of drug-likeness (QED) is 0.822. The van der Waals surface area contributed by atoms with Crippen LogP contribution in [-0.2, 0) is 22.5 Å². The molecule has 2 aromatic carbocycles. The van der Waals surface area contributed by atoms with Crippen molar-refractivity contribution < 1.29 is 19.0 Å². The van der Waals surface area contributed by atoms with Gasteiger partial charge in [-0.1, -0.05) is 30.3 Å². The number of carbonyl (C=O) groups is 1. The van der Waals surface area contributed by atoms with Crippen LogP contribution in [0, 0.1) is 5.82 Å². The van der Waals surface area contributed by atoms with Crippen molar-refractivity contribution >= 4 is 5.91 Å². The van der Waals surface area contributed by atoms with Crippen molar-refractivity contribution in [3.05, 3.63) is 65.5 Å². The minimum atomic E-state index is -0.278. The van der Waals surface area contributed by atoms with E-state index in [0.29, 0.717) is 25.9 Å². The minimum absolute atomic E-state index is 0.00748. The molecular formula is C21H24FNO3. The molecule has 138 valence electrons. The third-order valence-corrected chi connectivity index (χ3v) is 4.69. The lowest BCUT2D eigenvalue weighted by molar-refractivity contribution is -0.133. The summed E-state index contributed by atoms with van der Waals surface area (Å²) in [6, 6.07) is 13.3. The maximum atomic E-state index is 13.0. The molecule has 1 atom stereocenters. The van der Waals surface area contributed by atoms with Gasteiger partial charge in [0.15, 0.2) is 0 Å².